The molecule has 1 atom stereocenters. The summed E-state index contributed by atoms with van der Waals surface area (Å²) in [6.45, 7) is 0.818. The minimum absolute atomic E-state index is 0.136. The number of rotatable bonds is 5. The van der Waals surface area contributed by atoms with Gasteiger partial charge in [-0.15, -0.1) is 0 Å². The maximum Gasteiger partial charge on any atom is 0.327 e. The van der Waals surface area contributed by atoms with Crippen molar-refractivity contribution in [1.82, 2.24) is 19.9 Å². The fraction of sp³-hybridized carbons (Fsp3) is 0.150. The van der Waals surface area contributed by atoms with Crippen molar-refractivity contribution in [1.29, 1.82) is 0 Å². The lowest BCUT2D eigenvalue weighted by molar-refractivity contribution is -0.151. The van der Waals surface area contributed by atoms with Crippen molar-refractivity contribution in [2.75, 3.05) is 16.2 Å². The maximum atomic E-state index is 13.0. The number of H-pyrrole nitrogens is 1. The number of nitrogens with one attached hydrogen (secondary N) is 2. The number of esters is 1. The number of aromatic amines is 1. The summed E-state index contributed by atoms with van der Waals surface area (Å²) in [4.78, 5) is 39.9. The summed E-state index contributed by atoms with van der Waals surface area (Å²) in [6, 6.07) is 10.1. The highest BCUT2D eigenvalue weighted by molar-refractivity contribution is 7.93. The van der Waals surface area contributed by atoms with E-state index >= 15 is 0 Å². The Balaban J connectivity index is 1.31. The fourth-order valence-electron chi connectivity index (χ4n) is 3.61. The number of fused-ring (bicyclic) bond motifs is 1. The average Bonchev–Trinajstić information content (AvgIpc) is 3.33. The molecular formula is C20H16N6O5S. The van der Waals surface area contributed by atoms with Crippen LogP contribution >= 0.6 is 0 Å². The zero-order valence-electron chi connectivity index (χ0n) is 16.6. The van der Waals surface area contributed by atoms with Crippen molar-refractivity contribution in [3.63, 3.8) is 0 Å². The second-order valence-electron chi connectivity index (χ2n) is 7.09. The second kappa shape index (κ2) is 7.27. The van der Waals surface area contributed by atoms with E-state index in [-0.39, 0.29) is 10.7 Å². The quantitative estimate of drug-likeness (QED) is 0.434. The Morgan fingerprint density at radius 1 is 1.16 bits per heavy atom. The van der Waals surface area contributed by atoms with Crippen LogP contribution in [0.3, 0.4) is 0 Å². The highest BCUT2D eigenvalue weighted by atomic mass is 32.2. The molecule has 2 N–H and O–H groups in total. The van der Waals surface area contributed by atoms with Gasteiger partial charge < -0.3 is 15.0 Å². The van der Waals surface area contributed by atoms with E-state index in [0.29, 0.717) is 22.2 Å². The van der Waals surface area contributed by atoms with E-state index in [4.69, 9.17) is 4.74 Å². The summed E-state index contributed by atoms with van der Waals surface area (Å²) in [5.74, 6) is -1.32. The number of amides is 1. The largest absolute Gasteiger partial charge is 0.451 e. The van der Waals surface area contributed by atoms with Gasteiger partial charge >= 0.3 is 5.97 Å². The molecule has 12 heteroatoms. The first-order valence-electron chi connectivity index (χ1n) is 9.55. The Bertz CT molecular complexity index is 1490. The highest BCUT2D eigenvalue weighted by Crippen LogP contribution is 2.41. The smallest absolute Gasteiger partial charge is 0.327 e. The Labute approximate surface area is 181 Å². The molecule has 1 amide bonds. The first-order chi connectivity index (χ1) is 15.4. The van der Waals surface area contributed by atoms with Gasteiger partial charge in [-0.3, -0.25) is 13.9 Å². The molecular weight excluding hydrogens is 436 g/mol. The molecule has 2 aromatic carbocycles. The van der Waals surface area contributed by atoms with Gasteiger partial charge in [-0.05, 0) is 24.4 Å². The van der Waals surface area contributed by atoms with Crippen LogP contribution in [0.2, 0.25) is 0 Å². The molecule has 0 saturated carbocycles. The lowest BCUT2D eigenvalue weighted by Crippen LogP contribution is -2.37. The molecule has 0 bridgehead atoms. The van der Waals surface area contributed by atoms with Crippen molar-refractivity contribution in [3.8, 4) is 0 Å². The molecule has 0 fully saturated rings. The second-order valence-corrected chi connectivity index (χ2v) is 8.92. The summed E-state index contributed by atoms with van der Waals surface area (Å²) < 4.78 is 32.1. The minimum Gasteiger partial charge on any atom is -0.451 e. The number of sulfonamides is 1. The van der Waals surface area contributed by atoms with Crippen LogP contribution in [0.15, 0.2) is 53.9 Å². The average molecular weight is 452 g/mol. The third-order valence-corrected chi connectivity index (χ3v) is 6.90. The van der Waals surface area contributed by atoms with Gasteiger partial charge in [0.2, 0.25) is 0 Å². The molecule has 1 unspecified atom stereocenters. The van der Waals surface area contributed by atoms with Crippen molar-refractivity contribution in [2.24, 2.45) is 0 Å². The van der Waals surface area contributed by atoms with E-state index in [9.17, 15) is 18.0 Å². The monoisotopic (exact) mass is 452 g/mol. The van der Waals surface area contributed by atoms with Crippen molar-refractivity contribution < 1.29 is 22.7 Å². The van der Waals surface area contributed by atoms with Crippen LogP contribution in [0.25, 0.3) is 21.9 Å². The summed E-state index contributed by atoms with van der Waals surface area (Å²) in [6.07, 6.45) is 1.46. The molecule has 2 aromatic heterocycles. The molecule has 0 aliphatic carbocycles. The highest BCUT2D eigenvalue weighted by Gasteiger charge is 2.37. The topological polar surface area (TPSA) is 147 Å². The molecule has 4 aromatic rings. The number of carbonyl (C=O) groups is 2. The van der Waals surface area contributed by atoms with E-state index in [1.165, 1.54) is 25.6 Å². The predicted molar refractivity (Wildman–Crippen MR) is 114 cm³/mol. The number of aromatic nitrogens is 4. The van der Waals surface area contributed by atoms with Crippen LogP contribution < -0.4 is 9.62 Å². The molecule has 0 spiro atoms. The molecule has 32 heavy (non-hydrogen) atoms. The summed E-state index contributed by atoms with van der Waals surface area (Å²) in [7, 11) is -3.91. The first-order valence-corrected chi connectivity index (χ1v) is 11.0. The minimum atomic E-state index is -3.91. The van der Waals surface area contributed by atoms with Gasteiger partial charge in [0.15, 0.2) is 17.6 Å². The standard InChI is InChI=1S/C20H16N6O5S/c1-11(20(28)25-19-17-18(22-9-21-17)23-10-24-19)31-15(27)8-26-13-6-2-4-12-5-3-7-14(16(12)13)32(26,29)30/h2-7,9-11H,8H2,1H3,(H2,21,22,23,24,25,28). The number of anilines is 2. The van der Waals surface area contributed by atoms with Gasteiger partial charge in [-0.1, -0.05) is 24.3 Å². The summed E-state index contributed by atoms with van der Waals surface area (Å²) in [5, 5.41) is 3.85. The zero-order valence-corrected chi connectivity index (χ0v) is 17.5. The molecule has 0 saturated heterocycles. The van der Waals surface area contributed by atoms with Crippen LogP contribution in [0.1, 0.15) is 6.92 Å². The van der Waals surface area contributed by atoms with Crippen LogP contribution in [-0.2, 0) is 24.3 Å². The number of hydrogen-bond donors (Lipinski definition) is 2. The molecule has 5 rings (SSSR count). The Morgan fingerprint density at radius 2 is 1.94 bits per heavy atom. The van der Waals surface area contributed by atoms with Crippen LogP contribution in [0, 0.1) is 0 Å². The normalized spacial score (nSPS) is 15.1. The lowest BCUT2D eigenvalue weighted by Gasteiger charge is -2.19. The maximum absolute atomic E-state index is 13.0. The number of ether oxygens (including phenoxy) is 1. The van der Waals surface area contributed by atoms with E-state index in [0.717, 1.165) is 9.69 Å². The van der Waals surface area contributed by atoms with Gasteiger partial charge in [0.1, 0.15) is 18.4 Å². The molecule has 3 heterocycles. The number of imidazole rings is 1. The molecule has 162 valence electrons. The van der Waals surface area contributed by atoms with E-state index in [1.54, 1.807) is 30.3 Å². The van der Waals surface area contributed by atoms with Crippen molar-refractivity contribution >= 4 is 55.3 Å². The van der Waals surface area contributed by atoms with Crippen LogP contribution in [-0.4, -0.2) is 52.9 Å². The van der Waals surface area contributed by atoms with Crippen LogP contribution in [0.5, 0.6) is 0 Å². The zero-order chi connectivity index (χ0) is 22.5. The number of benzene rings is 2. The summed E-state index contributed by atoms with van der Waals surface area (Å²) >= 11 is 0. The first kappa shape index (κ1) is 19.9. The van der Waals surface area contributed by atoms with E-state index < -0.39 is 34.5 Å². The molecule has 1 aliphatic heterocycles. The fourth-order valence-corrected chi connectivity index (χ4v) is 5.27. The summed E-state index contributed by atoms with van der Waals surface area (Å²) in [5.41, 5.74) is 1.19. The van der Waals surface area contributed by atoms with Crippen molar-refractivity contribution in [2.45, 2.75) is 17.9 Å². The number of nitrogens with zero attached hydrogens (tertiary/aromatic N) is 4. The van der Waals surface area contributed by atoms with Crippen LogP contribution in [0.4, 0.5) is 11.5 Å². The number of carbonyl (C=O) groups excluding carboxylic acids is 2. The number of hydrogen-bond acceptors (Lipinski definition) is 8. The Morgan fingerprint density at radius 3 is 2.75 bits per heavy atom. The third kappa shape index (κ3) is 3.12. The molecule has 11 nitrogen and oxygen atoms in total. The molecule has 0 radical (unpaired) electrons. The van der Waals surface area contributed by atoms with Gasteiger partial charge in [0.25, 0.3) is 15.9 Å². The SMILES string of the molecule is CC(OC(=O)CN1c2cccc3cccc(c23)S1(=O)=O)C(=O)Nc1ncnc2nc[nH]c12. The van der Waals surface area contributed by atoms with Crippen molar-refractivity contribution in [3.05, 3.63) is 49.1 Å². The van der Waals surface area contributed by atoms with Gasteiger partial charge in [-0.2, -0.15) is 0 Å². The van der Waals surface area contributed by atoms with Gasteiger partial charge in [-0.25, -0.2) is 23.4 Å². The van der Waals surface area contributed by atoms with Gasteiger partial charge in [0.05, 0.1) is 16.9 Å². The third-order valence-electron chi connectivity index (χ3n) is 5.10. The predicted octanol–water partition coefficient (Wildman–Crippen LogP) is 1.59. The van der Waals surface area contributed by atoms with E-state index in [2.05, 4.69) is 25.3 Å². The van der Waals surface area contributed by atoms with E-state index in [1.807, 2.05) is 0 Å². The van der Waals surface area contributed by atoms with Gasteiger partial charge in [0, 0.05) is 5.39 Å². The Hall–Kier alpha value is -4.06. The molecule has 1 aliphatic rings. The Kier molecular flexibility index (Phi) is 4.51. The lowest BCUT2D eigenvalue weighted by atomic mass is 10.1.